The van der Waals surface area contributed by atoms with Gasteiger partial charge in [0.1, 0.15) is 11.3 Å². The average molecular weight is 289 g/mol. The van der Waals surface area contributed by atoms with Gasteiger partial charge in [-0.3, -0.25) is 9.59 Å². The number of carboxylic acid groups (broad SMARTS) is 1. The number of rotatable bonds is 2. The summed E-state index contributed by atoms with van der Waals surface area (Å²) in [5.74, 6) is -2.23. The fourth-order valence-electron chi connectivity index (χ4n) is 3.34. The molecule has 0 atom stereocenters. The zero-order valence-corrected chi connectivity index (χ0v) is 11.3. The van der Waals surface area contributed by atoms with Crippen LogP contribution in [0.5, 0.6) is 5.75 Å². The summed E-state index contributed by atoms with van der Waals surface area (Å²) >= 11 is 0. The molecule has 2 N–H and O–H groups in total. The third-order valence-corrected chi connectivity index (χ3v) is 4.43. The van der Waals surface area contributed by atoms with E-state index in [1.54, 1.807) is 0 Å². The first-order valence-corrected chi connectivity index (χ1v) is 6.88. The Morgan fingerprint density at radius 2 is 1.86 bits per heavy atom. The van der Waals surface area contributed by atoms with Crippen molar-refractivity contribution in [3.05, 3.63) is 23.8 Å². The summed E-state index contributed by atoms with van der Waals surface area (Å²) in [5, 5.41) is 18.6. The van der Waals surface area contributed by atoms with E-state index < -0.39 is 17.1 Å². The molecule has 1 aromatic carbocycles. The number of phenols is 1. The minimum Gasteiger partial charge on any atom is -0.507 e. The summed E-state index contributed by atoms with van der Waals surface area (Å²) in [6, 6.07) is 3.74. The summed E-state index contributed by atoms with van der Waals surface area (Å²) < 4.78 is 0. The molecule has 1 saturated carbocycles. The zero-order valence-electron chi connectivity index (χ0n) is 11.3. The number of aromatic carboxylic acids is 1. The Bertz CT molecular complexity index is 645. The molecule has 0 bridgehead atoms. The maximum absolute atomic E-state index is 12.6. The minimum atomic E-state index is -1.26. The van der Waals surface area contributed by atoms with Crippen molar-refractivity contribution in [2.24, 2.45) is 5.41 Å². The van der Waals surface area contributed by atoms with Crippen LogP contribution in [0.3, 0.4) is 0 Å². The van der Waals surface area contributed by atoms with Crippen LogP contribution in [-0.4, -0.2) is 28.0 Å². The van der Waals surface area contributed by atoms with E-state index >= 15 is 0 Å². The van der Waals surface area contributed by atoms with Gasteiger partial charge in [0.05, 0.1) is 11.1 Å². The van der Waals surface area contributed by atoms with Gasteiger partial charge in [-0.25, -0.2) is 9.69 Å². The molecule has 21 heavy (non-hydrogen) atoms. The van der Waals surface area contributed by atoms with Gasteiger partial charge >= 0.3 is 5.97 Å². The van der Waals surface area contributed by atoms with Crippen LogP contribution in [0, 0.1) is 5.41 Å². The molecule has 0 aromatic heterocycles. The van der Waals surface area contributed by atoms with Gasteiger partial charge in [0.15, 0.2) is 0 Å². The molecule has 6 heteroatoms. The van der Waals surface area contributed by atoms with Crippen molar-refractivity contribution in [2.45, 2.75) is 32.1 Å². The summed E-state index contributed by atoms with van der Waals surface area (Å²) in [7, 11) is 0. The summed E-state index contributed by atoms with van der Waals surface area (Å²) in [6.07, 6.45) is 3.51. The van der Waals surface area contributed by atoms with Gasteiger partial charge in [-0.05, 0) is 25.0 Å². The van der Waals surface area contributed by atoms with Gasteiger partial charge < -0.3 is 10.2 Å². The number of amides is 2. The van der Waals surface area contributed by atoms with Crippen molar-refractivity contribution >= 4 is 23.5 Å². The Kier molecular flexibility index (Phi) is 2.97. The van der Waals surface area contributed by atoms with E-state index in [2.05, 4.69) is 0 Å². The molecule has 1 aromatic rings. The number of hydrogen-bond donors (Lipinski definition) is 2. The lowest BCUT2D eigenvalue weighted by Gasteiger charge is -2.21. The highest BCUT2D eigenvalue weighted by Crippen LogP contribution is 2.48. The monoisotopic (exact) mass is 289 g/mol. The molecule has 0 unspecified atom stereocenters. The first-order valence-electron chi connectivity index (χ1n) is 6.88. The Morgan fingerprint density at radius 3 is 2.43 bits per heavy atom. The van der Waals surface area contributed by atoms with Gasteiger partial charge in [-0.1, -0.05) is 12.8 Å². The molecule has 3 rings (SSSR count). The normalized spacial score (nSPS) is 20.5. The molecule has 6 nitrogen and oxygen atoms in total. The number of imide groups is 1. The van der Waals surface area contributed by atoms with Crippen LogP contribution in [0.25, 0.3) is 0 Å². The largest absolute Gasteiger partial charge is 0.507 e. The number of carbonyl (C=O) groups is 3. The summed E-state index contributed by atoms with van der Waals surface area (Å²) in [4.78, 5) is 36.7. The minimum absolute atomic E-state index is 0.202. The number of carbonyl (C=O) groups excluding carboxylic acids is 2. The molecule has 1 aliphatic carbocycles. The Morgan fingerprint density at radius 1 is 1.19 bits per heavy atom. The van der Waals surface area contributed by atoms with Crippen LogP contribution in [-0.2, 0) is 9.59 Å². The standard InChI is InChI=1S/C15H15NO5/c17-11-7-9(3-4-10(11)13(19)20)16-12(18)8-15(14(16)21)5-1-2-6-15/h3-4,7,17H,1-2,5-6,8H2,(H,19,20). The molecule has 0 radical (unpaired) electrons. The average Bonchev–Trinajstić information content (AvgIpc) is 2.96. The summed E-state index contributed by atoms with van der Waals surface area (Å²) in [5.41, 5.74) is -0.609. The molecule has 1 spiro atoms. The smallest absolute Gasteiger partial charge is 0.339 e. The maximum Gasteiger partial charge on any atom is 0.339 e. The van der Waals surface area contributed by atoms with E-state index in [1.165, 1.54) is 12.1 Å². The first kappa shape index (κ1) is 13.6. The van der Waals surface area contributed by atoms with Gasteiger partial charge in [0, 0.05) is 12.5 Å². The second kappa shape index (κ2) is 4.58. The fraction of sp³-hybridized carbons (Fsp3) is 0.400. The van der Waals surface area contributed by atoms with Crippen molar-refractivity contribution in [3.63, 3.8) is 0 Å². The lowest BCUT2D eigenvalue weighted by molar-refractivity contribution is -0.125. The van der Waals surface area contributed by atoms with Crippen molar-refractivity contribution in [1.29, 1.82) is 0 Å². The highest BCUT2D eigenvalue weighted by molar-refractivity contribution is 6.22. The SMILES string of the molecule is O=C(O)c1ccc(N2C(=O)CC3(CCCC3)C2=O)cc1O. The van der Waals surface area contributed by atoms with Gasteiger partial charge in [0.25, 0.3) is 0 Å². The Labute approximate surface area is 121 Å². The van der Waals surface area contributed by atoms with Crippen LogP contribution < -0.4 is 4.90 Å². The van der Waals surface area contributed by atoms with E-state index in [1.807, 2.05) is 0 Å². The highest BCUT2D eigenvalue weighted by atomic mass is 16.4. The quantitative estimate of drug-likeness (QED) is 0.811. The van der Waals surface area contributed by atoms with Gasteiger partial charge in [-0.15, -0.1) is 0 Å². The fourth-order valence-corrected chi connectivity index (χ4v) is 3.34. The molecule has 1 heterocycles. The molecule has 1 saturated heterocycles. The van der Waals surface area contributed by atoms with E-state index in [4.69, 9.17) is 5.11 Å². The predicted octanol–water partition coefficient (Wildman–Crippen LogP) is 1.91. The second-order valence-corrected chi connectivity index (χ2v) is 5.71. The number of nitrogens with zero attached hydrogens (tertiary/aromatic N) is 1. The van der Waals surface area contributed by atoms with E-state index in [9.17, 15) is 19.5 Å². The summed E-state index contributed by atoms with van der Waals surface area (Å²) in [6.45, 7) is 0. The van der Waals surface area contributed by atoms with Crippen LogP contribution >= 0.6 is 0 Å². The predicted molar refractivity (Wildman–Crippen MR) is 73.1 cm³/mol. The zero-order chi connectivity index (χ0) is 15.2. The molecule has 2 amide bonds. The number of carboxylic acids is 1. The molecule has 110 valence electrons. The lowest BCUT2D eigenvalue weighted by Crippen LogP contribution is -2.34. The third kappa shape index (κ3) is 1.98. The number of aromatic hydroxyl groups is 1. The van der Waals surface area contributed by atoms with Crippen LogP contribution in [0.1, 0.15) is 42.5 Å². The van der Waals surface area contributed by atoms with Crippen LogP contribution in [0.15, 0.2) is 18.2 Å². The van der Waals surface area contributed by atoms with Gasteiger partial charge in [0.2, 0.25) is 11.8 Å². The Hall–Kier alpha value is -2.37. The second-order valence-electron chi connectivity index (χ2n) is 5.71. The first-order chi connectivity index (χ1) is 9.94. The molecular formula is C15H15NO5. The number of benzene rings is 1. The highest BCUT2D eigenvalue weighted by Gasteiger charge is 2.53. The van der Waals surface area contributed by atoms with Crippen LogP contribution in [0.4, 0.5) is 5.69 Å². The lowest BCUT2D eigenvalue weighted by atomic mass is 9.84. The van der Waals surface area contributed by atoms with Crippen molar-refractivity contribution in [2.75, 3.05) is 4.90 Å². The number of hydrogen-bond acceptors (Lipinski definition) is 4. The van der Waals surface area contributed by atoms with E-state index in [-0.39, 0.29) is 29.5 Å². The third-order valence-electron chi connectivity index (χ3n) is 4.43. The van der Waals surface area contributed by atoms with E-state index in [0.717, 1.165) is 23.8 Å². The number of anilines is 1. The molecule has 1 aliphatic heterocycles. The van der Waals surface area contributed by atoms with Crippen molar-refractivity contribution in [3.8, 4) is 5.75 Å². The molecular weight excluding hydrogens is 274 g/mol. The van der Waals surface area contributed by atoms with Crippen molar-refractivity contribution in [1.82, 2.24) is 0 Å². The Balaban J connectivity index is 1.97. The maximum atomic E-state index is 12.6. The molecule has 2 aliphatic rings. The molecule has 2 fully saturated rings. The van der Waals surface area contributed by atoms with Crippen molar-refractivity contribution < 1.29 is 24.6 Å². The topological polar surface area (TPSA) is 94.9 Å². The van der Waals surface area contributed by atoms with E-state index in [0.29, 0.717) is 12.8 Å². The van der Waals surface area contributed by atoms with Gasteiger partial charge in [-0.2, -0.15) is 0 Å². The van der Waals surface area contributed by atoms with Crippen LogP contribution in [0.2, 0.25) is 0 Å².